The minimum Gasteiger partial charge on any atom is -0.482 e. The van der Waals surface area contributed by atoms with E-state index in [2.05, 4.69) is 5.32 Å². The zero-order chi connectivity index (χ0) is 20.7. The third kappa shape index (κ3) is 5.94. The highest BCUT2D eigenvalue weighted by atomic mass is 16.6. The molecule has 0 radical (unpaired) electrons. The number of rotatable bonds is 8. The van der Waals surface area contributed by atoms with E-state index in [9.17, 15) is 14.4 Å². The number of Topliss-reactive ketones (excluding diaryl/α,β-unsaturated/α-hetero) is 1. The van der Waals surface area contributed by atoms with E-state index in [0.29, 0.717) is 17.0 Å². The number of nitrogens with one attached hydrogen (secondary N) is 1. The molecule has 0 aliphatic carbocycles. The van der Waals surface area contributed by atoms with Crippen LogP contribution in [0.15, 0.2) is 48.5 Å². The molecule has 0 saturated carbocycles. The average molecular weight is 383 g/mol. The van der Waals surface area contributed by atoms with E-state index in [1.54, 1.807) is 30.3 Å². The van der Waals surface area contributed by atoms with E-state index in [1.807, 2.05) is 32.0 Å². The molecule has 0 unspecified atom stereocenters. The number of carbonyl (C=O) groups is 3. The Bertz CT molecular complexity index is 842. The van der Waals surface area contributed by atoms with Crippen molar-refractivity contribution in [2.75, 3.05) is 11.9 Å². The van der Waals surface area contributed by atoms with Crippen LogP contribution in [-0.2, 0) is 14.3 Å². The first-order valence-corrected chi connectivity index (χ1v) is 9.11. The summed E-state index contributed by atoms with van der Waals surface area (Å²) in [5.74, 6) is -0.276. The van der Waals surface area contributed by atoms with Gasteiger partial charge in [0, 0.05) is 11.3 Å². The Balaban J connectivity index is 1.86. The van der Waals surface area contributed by atoms with Crippen LogP contribution in [0.1, 0.15) is 49.5 Å². The summed E-state index contributed by atoms with van der Waals surface area (Å²) in [5, 5.41) is 2.64. The number of hydrogen-bond acceptors (Lipinski definition) is 5. The number of carbonyl (C=O) groups excluding carboxylic acids is 3. The first kappa shape index (κ1) is 21.2. The normalized spacial score (nSPS) is 11.6. The van der Waals surface area contributed by atoms with Crippen LogP contribution in [-0.4, -0.2) is 30.4 Å². The maximum atomic E-state index is 12.2. The molecule has 0 bridgehead atoms. The monoisotopic (exact) mass is 383 g/mol. The molecular weight excluding hydrogens is 358 g/mol. The predicted octanol–water partition coefficient (Wildman–Crippen LogP) is 3.96. The summed E-state index contributed by atoms with van der Waals surface area (Å²) in [6.07, 6.45) is -0.982. The van der Waals surface area contributed by atoms with Crippen LogP contribution in [0.5, 0.6) is 5.75 Å². The van der Waals surface area contributed by atoms with Crippen LogP contribution < -0.4 is 10.1 Å². The number of benzene rings is 2. The van der Waals surface area contributed by atoms with E-state index in [1.165, 1.54) is 13.8 Å². The van der Waals surface area contributed by atoms with Gasteiger partial charge >= 0.3 is 5.97 Å². The lowest BCUT2D eigenvalue weighted by Crippen LogP contribution is -2.31. The zero-order valence-electron chi connectivity index (χ0n) is 16.5. The average Bonchev–Trinajstić information content (AvgIpc) is 2.66. The molecule has 148 valence electrons. The summed E-state index contributed by atoms with van der Waals surface area (Å²) in [6, 6.07) is 14.0. The van der Waals surface area contributed by atoms with Gasteiger partial charge in [0.1, 0.15) is 5.75 Å². The Hall–Kier alpha value is -3.15. The van der Waals surface area contributed by atoms with E-state index < -0.39 is 18.0 Å². The first-order chi connectivity index (χ1) is 13.3. The van der Waals surface area contributed by atoms with Gasteiger partial charge in [0.25, 0.3) is 5.91 Å². The molecule has 2 aromatic carbocycles. The largest absolute Gasteiger partial charge is 0.482 e. The van der Waals surface area contributed by atoms with Gasteiger partial charge < -0.3 is 14.8 Å². The summed E-state index contributed by atoms with van der Waals surface area (Å²) < 4.78 is 10.7. The first-order valence-electron chi connectivity index (χ1n) is 9.11. The number of hydrogen-bond donors (Lipinski definition) is 1. The van der Waals surface area contributed by atoms with Gasteiger partial charge in [0.15, 0.2) is 18.5 Å². The Kier molecular flexibility index (Phi) is 7.32. The number of anilines is 1. The number of para-hydroxylation sites is 1. The molecule has 6 heteroatoms. The van der Waals surface area contributed by atoms with Gasteiger partial charge in [-0.1, -0.05) is 32.0 Å². The van der Waals surface area contributed by atoms with E-state index in [0.717, 1.165) is 5.56 Å². The van der Waals surface area contributed by atoms with Gasteiger partial charge in [-0.15, -0.1) is 0 Å². The van der Waals surface area contributed by atoms with Crippen LogP contribution in [0, 0.1) is 0 Å². The third-order valence-electron chi connectivity index (χ3n) is 4.12. The van der Waals surface area contributed by atoms with Crippen LogP contribution in [0.25, 0.3) is 0 Å². The van der Waals surface area contributed by atoms with Crippen molar-refractivity contribution >= 4 is 23.3 Å². The molecule has 1 N–H and O–H groups in total. The molecule has 1 atom stereocenters. The molecule has 0 spiro atoms. The van der Waals surface area contributed by atoms with Gasteiger partial charge in [-0.25, -0.2) is 4.79 Å². The van der Waals surface area contributed by atoms with Gasteiger partial charge in [-0.05, 0) is 55.7 Å². The predicted molar refractivity (Wildman–Crippen MR) is 107 cm³/mol. The second-order valence-corrected chi connectivity index (χ2v) is 6.74. The third-order valence-corrected chi connectivity index (χ3v) is 4.12. The molecule has 2 rings (SSSR count). The molecule has 0 aromatic heterocycles. The van der Waals surface area contributed by atoms with E-state index in [4.69, 9.17) is 9.47 Å². The van der Waals surface area contributed by atoms with Crippen molar-refractivity contribution in [3.05, 3.63) is 59.7 Å². The lowest BCUT2D eigenvalue weighted by molar-refractivity contribution is -0.155. The van der Waals surface area contributed by atoms with E-state index in [-0.39, 0.29) is 18.3 Å². The second kappa shape index (κ2) is 9.69. The fourth-order valence-corrected chi connectivity index (χ4v) is 2.54. The molecule has 6 nitrogen and oxygen atoms in total. The van der Waals surface area contributed by atoms with Crippen LogP contribution in [0.3, 0.4) is 0 Å². The molecule has 28 heavy (non-hydrogen) atoms. The summed E-state index contributed by atoms with van der Waals surface area (Å²) >= 11 is 0. The Labute approximate surface area is 164 Å². The molecule has 1 amide bonds. The second-order valence-electron chi connectivity index (χ2n) is 6.74. The molecule has 0 heterocycles. The number of ketones is 1. The van der Waals surface area contributed by atoms with E-state index >= 15 is 0 Å². The van der Waals surface area contributed by atoms with Gasteiger partial charge in [-0.2, -0.15) is 0 Å². The van der Waals surface area contributed by atoms with Crippen molar-refractivity contribution < 1.29 is 23.9 Å². The van der Waals surface area contributed by atoms with Gasteiger partial charge in [0.05, 0.1) is 0 Å². The fraction of sp³-hybridized carbons (Fsp3) is 0.318. The maximum absolute atomic E-state index is 12.2. The topological polar surface area (TPSA) is 81.7 Å². The summed E-state index contributed by atoms with van der Waals surface area (Å²) in [4.78, 5) is 35.5. The van der Waals surface area contributed by atoms with Crippen LogP contribution in [0.2, 0.25) is 0 Å². The molecule has 2 aromatic rings. The summed E-state index contributed by atoms with van der Waals surface area (Å²) in [6.45, 7) is 6.75. The van der Waals surface area contributed by atoms with Crippen molar-refractivity contribution in [3.63, 3.8) is 0 Å². The van der Waals surface area contributed by atoms with Gasteiger partial charge in [0.2, 0.25) is 0 Å². The highest BCUT2D eigenvalue weighted by Crippen LogP contribution is 2.25. The highest BCUT2D eigenvalue weighted by molar-refractivity contribution is 5.97. The molecule has 0 saturated heterocycles. The lowest BCUT2D eigenvalue weighted by atomic mass is 10.0. The maximum Gasteiger partial charge on any atom is 0.344 e. The molecule has 0 fully saturated rings. The van der Waals surface area contributed by atoms with Crippen LogP contribution in [0.4, 0.5) is 5.69 Å². The zero-order valence-corrected chi connectivity index (χ0v) is 16.5. The summed E-state index contributed by atoms with van der Waals surface area (Å²) in [5.41, 5.74) is 2.06. The molecule has 0 aliphatic rings. The standard InChI is InChI=1S/C22H25NO5/c1-14(2)19-7-5-6-8-20(19)27-13-21(25)28-16(4)22(26)23-18-11-9-17(10-12-18)15(3)24/h5-12,14,16H,13H2,1-4H3,(H,23,26)/t16-/m1/s1. The summed E-state index contributed by atoms with van der Waals surface area (Å²) in [7, 11) is 0. The molecule has 0 aliphatic heterocycles. The Morgan fingerprint density at radius 3 is 2.21 bits per heavy atom. The van der Waals surface area contributed by atoms with Crippen LogP contribution >= 0.6 is 0 Å². The van der Waals surface area contributed by atoms with Gasteiger partial charge in [-0.3, -0.25) is 9.59 Å². The Morgan fingerprint density at radius 2 is 1.61 bits per heavy atom. The SMILES string of the molecule is CC(=O)c1ccc(NC(=O)[C@@H](C)OC(=O)COc2ccccc2C(C)C)cc1. The quantitative estimate of drug-likeness (QED) is 0.551. The number of esters is 1. The van der Waals surface area contributed by atoms with Crippen molar-refractivity contribution in [1.82, 2.24) is 0 Å². The molecular formula is C22H25NO5. The number of ether oxygens (including phenoxy) is 2. The van der Waals surface area contributed by atoms with Crippen molar-refractivity contribution in [1.29, 1.82) is 0 Å². The Morgan fingerprint density at radius 1 is 0.964 bits per heavy atom. The van der Waals surface area contributed by atoms with Crippen molar-refractivity contribution in [2.24, 2.45) is 0 Å². The fourth-order valence-electron chi connectivity index (χ4n) is 2.54. The smallest absolute Gasteiger partial charge is 0.344 e. The number of amides is 1. The highest BCUT2D eigenvalue weighted by Gasteiger charge is 2.19. The lowest BCUT2D eigenvalue weighted by Gasteiger charge is -2.16. The van der Waals surface area contributed by atoms with Crippen molar-refractivity contribution in [2.45, 2.75) is 39.7 Å². The minimum absolute atomic E-state index is 0.0563. The minimum atomic E-state index is -0.982. The van der Waals surface area contributed by atoms with Crippen molar-refractivity contribution in [3.8, 4) is 5.75 Å².